The number of rotatable bonds is 4. The summed E-state index contributed by atoms with van der Waals surface area (Å²) in [5.74, 6) is -0.379. The number of hydrogen-bond donors (Lipinski definition) is 1. The second-order valence-electron chi connectivity index (χ2n) is 4.33. The second kappa shape index (κ2) is 4.97. The molecule has 3 rings (SSSR count). The molecule has 20 heavy (non-hydrogen) atoms. The molecular weight excluding hydrogens is 276 g/mol. The molecule has 0 saturated heterocycles. The predicted octanol–water partition coefficient (Wildman–Crippen LogP) is 2.91. The van der Waals surface area contributed by atoms with Crippen LogP contribution in [-0.2, 0) is 13.7 Å². The Labute approximate surface area is 119 Å². The Morgan fingerprint density at radius 1 is 1.45 bits per heavy atom. The van der Waals surface area contributed by atoms with Crippen LogP contribution in [0.2, 0.25) is 0 Å². The van der Waals surface area contributed by atoms with Crippen molar-refractivity contribution in [2.24, 2.45) is 7.05 Å². The highest BCUT2D eigenvalue weighted by Gasteiger charge is 2.11. The standard InChI is InChI=1S/C14H12N2O3S/c1-16-12-5-3-2-4-10(12)11(15-16)7-19-9-6-13(14(17)18)20-8-9/h2-6,8H,7H2,1H3,(H,17,18). The highest BCUT2D eigenvalue weighted by molar-refractivity contribution is 7.12. The van der Waals surface area contributed by atoms with Gasteiger partial charge in [0.2, 0.25) is 0 Å². The lowest BCUT2D eigenvalue weighted by atomic mass is 10.2. The zero-order chi connectivity index (χ0) is 14.1. The molecule has 1 aromatic carbocycles. The van der Waals surface area contributed by atoms with Crippen LogP contribution in [0.3, 0.4) is 0 Å². The number of para-hydroxylation sites is 1. The molecule has 0 aliphatic rings. The Bertz CT molecular complexity index is 776. The fourth-order valence-electron chi connectivity index (χ4n) is 2.05. The molecule has 0 fully saturated rings. The van der Waals surface area contributed by atoms with E-state index in [1.165, 1.54) is 6.07 Å². The molecule has 1 N–H and O–H groups in total. The lowest BCUT2D eigenvalue weighted by Gasteiger charge is -2.00. The molecule has 6 heteroatoms. The monoisotopic (exact) mass is 288 g/mol. The third-order valence-electron chi connectivity index (χ3n) is 3.00. The number of hydrogen-bond acceptors (Lipinski definition) is 4. The van der Waals surface area contributed by atoms with Crippen LogP contribution in [0.25, 0.3) is 10.9 Å². The summed E-state index contributed by atoms with van der Waals surface area (Å²) >= 11 is 1.15. The quantitative estimate of drug-likeness (QED) is 0.801. The van der Waals surface area contributed by atoms with Crippen LogP contribution in [0.1, 0.15) is 15.4 Å². The molecule has 0 bridgehead atoms. The van der Waals surface area contributed by atoms with Crippen LogP contribution in [0.5, 0.6) is 5.75 Å². The molecule has 2 aromatic heterocycles. The third-order valence-corrected chi connectivity index (χ3v) is 3.89. The summed E-state index contributed by atoms with van der Waals surface area (Å²) in [6.45, 7) is 0.317. The summed E-state index contributed by atoms with van der Waals surface area (Å²) in [7, 11) is 1.89. The number of nitrogens with zero attached hydrogens (tertiary/aromatic N) is 2. The van der Waals surface area contributed by atoms with E-state index in [1.807, 2.05) is 36.0 Å². The van der Waals surface area contributed by atoms with Gasteiger partial charge in [-0.2, -0.15) is 5.10 Å². The number of fused-ring (bicyclic) bond motifs is 1. The van der Waals surface area contributed by atoms with E-state index >= 15 is 0 Å². The van der Waals surface area contributed by atoms with E-state index in [2.05, 4.69) is 5.10 Å². The van der Waals surface area contributed by atoms with Crippen molar-refractivity contribution >= 4 is 28.2 Å². The number of thiophene rings is 1. The number of aromatic carboxylic acids is 1. The number of benzene rings is 1. The first-order chi connectivity index (χ1) is 9.65. The molecule has 0 radical (unpaired) electrons. The van der Waals surface area contributed by atoms with Gasteiger partial charge in [-0.1, -0.05) is 18.2 Å². The fraction of sp³-hybridized carbons (Fsp3) is 0.143. The largest absolute Gasteiger partial charge is 0.486 e. The van der Waals surface area contributed by atoms with E-state index in [1.54, 1.807) is 5.38 Å². The molecule has 0 amide bonds. The van der Waals surface area contributed by atoms with Gasteiger partial charge in [0.15, 0.2) is 0 Å². The van der Waals surface area contributed by atoms with Gasteiger partial charge in [0.25, 0.3) is 0 Å². The Morgan fingerprint density at radius 3 is 3.00 bits per heavy atom. The van der Waals surface area contributed by atoms with Crippen LogP contribution in [-0.4, -0.2) is 20.9 Å². The summed E-state index contributed by atoms with van der Waals surface area (Å²) in [5.41, 5.74) is 1.88. The van der Waals surface area contributed by atoms with Crippen molar-refractivity contribution in [3.05, 3.63) is 46.3 Å². The zero-order valence-electron chi connectivity index (χ0n) is 10.7. The van der Waals surface area contributed by atoms with E-state index in [0.717, 1.165) is 27.9 Å². The third kappa shape index (κ3) is 2.25. The number of carboxylic acids is 1. The average Bonchev–Trinajstić information content (AvgIpc) is 3.03. The normalized spacial score (nSPS) is 10.8. The van der Waals surface area contributed by atoms with Crippen molar-refractivity contribution in [1.29, 1.82) is 0 Å². The van der Waals surface area contributed by atoms with Gasteiger partial charge in [0, 0.05) is 23.9 Å². The van der Waals surface area contributed by atoms with E-state index in [0.29, 0.717) is 12.4 Å². The summed E-state index contributed by atoms with van der Waals surface area (Å²) in [5, 5.41) is 16.0. The fourth-order valence-corrected chi connectivity index (χ4v) is 2.72. The molecule has 0 atom stereocenters. The number of ether oxygens (including phenoxy) is 1. The number of carbonyl (C=O) groups is 1. The van der Waals surface area contributed by atoms with Gasteiger partial charge in [-0.25, -0.2) is 4.79 Å². The van der Waals surface area contributed by atoms with Gasteiger partial charge in [0.1, 0.15) is 22.9 Å². The number of aryl methyl sites for hydroxylation is 1. The van der Waals surface area contributed by atoms with E-state index in [-0.39, 0.29) is 4.88 Å². The summed E-state index contributed by atoms with van der Waals surface area (Å²) < 4.78 is 7.43. The smallest absolute Gasteiger partial charge is 0.346 e. The minimum atomic E-state index is -0.937. The molecule has 0 spiro atoms. The van der Waals surface area contributed by atoms with Gasteiger partial charge in [-0.05, 0) is 6.07 Å². The lowest BCUT2D eigenvalue weighted by Crippen LogP contribution is -1.97. The van der Waals surface area contributed by atoms with Crippen LogP contribution >= 0.6 is 11.3 Å². The van der Waals surface area contributed by atoms with Gasteiger partial charge < -0.3 is 9.84 Å². The maximum atomic E-state index is 10.8. The maximum Gasteiger partial charge on any atom is 0.346 e. The highest BCUT2D eigenvalue weighted by Crippen LogP contribution is 2.24. The first-order valence-corrected chi connectivity index (χ1v) is 6.88. The zero-order valence-corrected chi connectivity index (χ0v) is 11.6. The Hall–Kier alpha value is -2.34. The van der Waals surface area contributed by atoms with E-state index in [4.69, 9.17) is 9.84 Å². The molecule has 3 aromatic rings. The second-order valence-corrected chi connectivity index (χ2v) is 5.24. The molecule has 0 aliphatic carbocycles. The summed E-state index contributed by atoms with van der Waals surface area (Å²) in [4.78, 5) is 11.1. The number of carboxylic acid groups (broad SMARTS) is 1. The maximum absolute atomic E-state index is 10.8. The molecular formula is C14H12N2O3S. The Balaban J connectivity index is 1.81. The molecule has 102 valence electrons. The Morgan fingerprint density at radius 2 is 2.25 bits per heavy atom. The highest BCUT2D eigenvalue weighted by atomic mass is 32.1. The van der Waals surface area contributed by atoms with Crippen LogP contribution < -0.4 is 4.74 Å². The predicted molar refractivity (Wildman–Crippen MR) is 76.3 cm³/mol. The van der Waals surface area contributed by atoms with E-state index in [9.17, 15) is 4.79 Å². The number of aromatic nitrogens is 2. The molecule has 0 aliphatic heterocycles. The Kier molecular flexibility index (Phi) is 3.15. The first-order valence-electron chi connectivity index (χ1n) is 6.00. The van der Waals surface area contributed by atoms with Crippen molar-refractivity contribution in [2.75, 3.05) is 0 Å². The molecule has 2 heterocycles. The van der Waals surface area contributed by atoms with Gasteiger partial charge in [-0.3, -0.25) is 4.68 Å². The molecule has 0 saturated carbocycles. The van der Waals surface area contributed by atoms with Crippen molar-refractivity contribution in [3.8, 4) is 5.75 Å². The van der Waals surface area contributed by atoms with Gasteiger partial charge in [0.05, 0.1) is 5.52 Å². The lowest BCUT2D eigenvalue weighted by molar-refractivity contribution is 0.0702. The minimum absolute atomic E-state index is 0.269. The minimum Gasteiger partial charge on any atom is -0.486 e. The first kappa shape index (κ1) is 12.7. The van der Waals surface area contributed by atoms with Gasteiger partial charge in [-0.15, -0.1) is 11.3 Å². The topological polar surface area (TPSA) is 64.4 Å². The van der Waals surface area contributed by atoms with Gasteiger partial charge >= 0.3 is 5.97 Å². The van der Waals surface area contributed by atoms with Crippen molar-refractivity contribution < 1.29 is 14.6 Å². The summed E-state index contributed by atoms with van der Waals surface area (Å²) in [6.07, 6.45) is 0. The van der Waals surface area contributed by atoms with Crippen LogP contribution in [0.15, 0.2) is 35.7 Å². The molecule has 5 nitrogen and oxygen atoms in total. The van der Waals surface area contributed by atoms with Crippen LogP contribution in [0, 0.1) is 0 Å². The van der Waals surface area contributed by atoms with Crippen molar-refractivity contribution in [1.82, 2.24) is 9.78 Å². The van der Waals surface area contributed by atoms with Crippen molar-refractivity contribution in [2.45, 2.75) is 6.61 Å². The summed E-state index contributed by atoms with van der Waals surface area (Å²) in [6, 6.07) is 9.45. The van der Waals surface area contributed by atoms with Crippen LogP contribution in [0.4, 0.5) is 0 Å². The SMILES string of the molecule is Cn1nc(COc2csc(C(=O)O)c2)c2ccccc21. The average molecular weight is 288 g/mol. The molecule has 0 unspecified atom stereocenters. The van der Waals surface area contributed by atoms with E-state index < -0.39 is 5.97 Å². The van der Waals surface area contributed by atoms with Crippen molar-refractivity contribution in [3.63, 3.8) is 0 Å².